The molecule has 1 N–H and O–H groups in total. The topological polar surface area (TPSA) is 94.6 Å². The van der Waals surface area contributed by atoms with Gasteiger partial charge in [0.1, 0.15) is 5.01 Å². The summed E-state index contributed by atoms with van der Waals surface area (Å²) in [5.41, 5.74) is 1.91. The Labute approximate surface area is 171 Å². The average Bonchev–Trinajstić information content (AvgIpc) is 3.24. The molecule has 0 radical (unpaired) electrons. The van der Waals surface area contributed by atoms with Gasteiger partial charge in [0.25, 0.3) is 5.91 Å². The Hall–Kier alpha value is -3.52. The van der Waals surface area contributed by atoms with E-state index in [-0.39, 0.29) is 12.3 Å². The summed E-state index contributed by atoms with van der Waals surface area (Å²) in [6, 6.07) is 15.7. The zero-order valence-electron chi connectivity index (χ0n) is 15.6. The lowest BCUT2D eigenvalue weighted by Gasteiger charge is -2.07. The van der Waals surface area contributed by atoms with Crippen molar-refractivity contribution in [2.45, 2.75) is 6.92 Å². The van der Waals surface area contributed by atoms with Gasteiger partial charge in [0.15, 0.2) is 12.3 Å². The minimum atomic E-state index is -0.670. The first kappa shape index (κ1) is 20.2. The van der Waals surface area contributed by atoms with Crippen LogP contribution < -0.4 is 5.32 Å². The zero-order valence-corrected chi connectivity index (χ0v) is 16.4. The van der Waals surface area contributed by atoms with E-state index in [2.05, 4.69) is 10.3 Å². The number of ether oxygens (including phenoxy) is 2. The number of amides is 1. The van der Waals surface area contributed by atoms with Gasteiger partial charge in [-0.25, -0.2) is 14.6 Å². The van der Waals surface area contributed by atoms with Crippen molar-refractivity contribution >= 4 is 34.9 Å². The fourth-order valence-electron chi connectivity index (χ4n) is 2.39. The Morgan fingerprint density at radius 1 is 0.966 bits per heavy atom. The molecule has 8 heteroatoms. The molecule has 2 aromatic carbocycles. The normalized spacial score (nSPS) is 10.2. The van der Waals surface area contributed by atoms with Crippen LogP contribution in [0.4, 0.5) is 5.69 Å². The van der Waals surface area contributed by atoms with Crippen LogP contribution in [0.2, 0.25) is 0 Å². The summed E-state index contributed by atoms with van der Waals surface area (Å²) in [6.45, 7) is 1.56. The van der Waals surface area contributed by atoms with E-state index in [0.29, 0.717) is 16.3 Å². The van der Waals surface area contributed by atoms with Gasteiger partial charge in [-0.2, -0.15) is 0 Å². The molecule has 7 nitrogen and oxygen atoms in total. The van der Waals surface area contributed by atoms with Crippen LogP contribution in [0.1, 0.15) is 27.8 Å². The second-order valence-corrected chi connectivity index (χ2v) is 6.68. The Balaban J connectivity index is 1.51. The van der Waals surface area contributed by atoms with Crippen molar-refractivity contribution in [1.82, 2.24) is 4.98 Å². The van der Waals surface area contributed by atoms with Crippen molar-refractivity contribution in [3.8, 4) is 10.6 Å². The van der Waals surface area contributed by atoms with E-state index >= 15 is 0 Å². The first-order chi connectivity index (χ1) is 14.1. The largest absolute Gasteiger partial charge is 0.462 e. The number of hydrogen-bond acceptors (Lipinski definition) is 7. The summed E-state index contributed by atoms with van der Waals surface area (Å²) < 4.78 is 9.92. The van der Waals surface area contributed by atoms with Crippen molar-refractivity contribution in [2.24, 2.45) is 0 Å². The van der Waals surface area contributed by atoms with Gasteiger partial charge in [-0.3, -0.25) is 4.79 Å². The fourth-order valence-corrected chi connectivity index (χ4v) is 3.18. The Bertz CT molecular complexity index is 999. The molecule has 1 aromatic heterocycles. The number of hydrogen-bond donors (Lipinski definition) is 1. The number of esters is 2. The number of aromatic nitrogens is 1. The van der Waals surface area contributed by atoms with Crippen molar-refractivity contribution in [2.75, 3.05) is 18.5 Å². The molecule has 0 aliphatic carbocycles. The lowest BCUT2D eigenvalue weighted by molar-refractivity contribution is -0.119. The maximum absolute atomic E-state index is 12.1. The molecule has 148 valence electrons. The predicted molar refractivity (Wildman–Crippen MR) is 109 cm³/mol. The third-order valence-electron chi connectivity index (χ3n) is 3.75. The molecule has 0 atom stereocenters. The number of rotatable bonds is 7. The van der Waals surface area contributed by atoms with Crippen LogP contribution >= 0.6 is 11.3 Å². The van der Waals surface area contributed by atoms with E-state index in [1.807, 2.05) is 30.3 Å². The molecule has 1 heterocycles. The van der Waals surface area contributed by atoms with Gasteiger partial charge in [0, 0.05) is 16.6 Å². The maximum Gasteiger partial charge on any atom is 0.358 e. The molecule has 3 rings (SSSR count). The van der Waals surface area contributed by atoms with Gasteiger partial charge in [0.2, 0.25) is 0 Å². The minimum Gasteiger partial charge on any atom is -0.462 e. The quantitative estimate of drug-likeness (QED) is 0.596. The van der Waals surface area contributed by atoms with Gasteiger partial charge in [0.05, 0.1) is 12.2 Å². The number of anilines is 1. The van der Waals surface area contributed by atoms with Gasteiger partial charge >= 0.3 is 11.9 Å². The minimum absolute atomic E-state index is 0.153. The van der Waals surface area contributed by atoms with E-state index in [1.54, 1.807) is 36.6 Å². The Morgan fingerprint density at radius 2 is 1.69 bits per heavy atom. The first-order valence-corrected chi connectivity index (χ1v) is 9.70. The number of carbonyl (C=O) groups is 3. The lowest BCUT2D eigenvalue weighted by atomic mass is 10.2. The number of carbonyl (C=O) groups excluding carboxylic acids is 3. The highest BCUT2D eigenvalue weighted by molar-refractivity contribution is 7.13. The monoisotopic (exact) mass is 410 g/mol. The van der Waals surface area contributed by atoms with Gasteiger partial charge in [-0.05, 0) is 31.2 Å². The van der Waals surface area contributed by atoms with E-state index in [1.165, 1.54) is 11.3 Å². The third kappa shape index (κ3) is 5.49. The second kappa shape index (κ2) is 9.61. The Kier molecular flexibility index (Phi) is 6.70. The van der Waals surface area contributed by atoms with E-state index < -0.39 is 24.5 Å². The van der Waals surface area contributed by atoms with Crippen LogP contribution in [-0.4, -0.2) is 36.0 Å². The van der Waals surface area contributed by atoms with Crippen molar-refractivity contribution in [1.29, 1.82) is 0 Å². The summed E-state index contributed by atoms with van der Waals surface area (Å²) in [4.78, 5) is 40.0. The van der Waals surface area contributed by atoms with Gasteiger partial charge in [-0.1, -0.05) is 30.3 Å². The molecule has 0 saturated carbocycles. The summed E-state index contributed by atoms with van der Waals surface area (Å²) in [6.07, 6.45) is 0. The standard InChI is InChI=1S/C21H18N2O5S/c1-2-27-20(25)15-8-10-16(11-9-15)22-18(24)12-28-21(26)17-13-29-19(23-17)14-6-4-3-5-7-14/h3-11,13H,2,12H2,1H3,(H,22,24). The third-order valence-corrected chi connectivity index (χ3v) is 4.64. The molecule has 0 fully saturated rings. The van der Waals surface area contributed by atoms with Gasteiger partial charge < -0.3 is 14.8 Å². The summed E-state index contributed by atoms with van der Waals surface area (Å²) in [5.74, 6) is -1.60. The van der Waals surface area contributed by atoms with Crippen molar-refractivity contribution < 1.29 is 23.9 Å². The summed E-state index contributed by atoms with van der Waals surface area (Å²) in [5, 5.41) is 4.88. The highest BCUT2D eigenvalue weighted by Crippen LogP contribution is 2.23. The second-order valence-electron chi connectivity index (χ2n) is 5.83. The van der Waals surface area contributed by atoms with Crippen molar-refractivity contribution in [3.05, 3.63) is 71.2 Å². The molecule has 0 spiro atoms. The van der Waals surface area contributed by atoms with Crippen LogP contribution in [0.15, 0.2) is 60.0 Å². The predicted octanol–water partition coefficient (Wildman–Crippen LogP) is 3.78. The molecule has 0 saturated heterocycles. The highest BCUT2D eigenvalue weighted by Gasteiger charge is 2.15. The van der Waals surface area contributed by atoms with Crippen LogP contribution in [-0.2, 0) is 14.3 Å². The smallest absolute Gasteiger partial charge is 0.358 e. The first-order valence-electron chi connectivity index (χ1n) is 8.82. The SMILES string of the molecule is CCOC(=O)c1ccc(NC(=O)COC(=O)c2csc(-c3ccccc3)n2)cc1. The Morgan fingerprint density at radius 3 is 2.38 bits per heavy atom. The van der Waals surface area contributed by atoms with Crippen LogP contribution in [0.25, 0.3) is 10.6 Å². The number of thiazole rings is 1. The highest BCUT2D eigenvalue weighted by atomic mass is 32.1. The summed E-state index contributed by atoms with van der Waals surface area (Å²) in [7, 11) is 0. The van der Waals surface area contributed by atoms with Crippen molar-refractivity contribution in [3.63, 3.8) is 0 Å². The van der Waals surface area contributed by atoms with E-state index in [4.69, 9.17) is 9.47 Å². The molecular weight excluding hydrogens is 392 g/mol. The molecule has 3 aromatic rings. The molecule has 29 heavy (non-hydrogen) atoms. The summed E-state index contributed by atoms with van der Waals surface area (Å²) >= 11 is 1.32. The van der Waals surface area contributed by atoms with E-state index in [0.717, 1.165) is 5.56 Å². The lowest BCUT2D eigenvalue weighted by Crippen LogP contribution is -2.21. The maximum atomic E-state index is 12.1. The van der Waals surface area contributed by atoms with Gasteiger partial charge in [-0.15, -0.1) is 11.3 Å². The molecule has 0 bridgehead atoms. The molecule has 0 aliphatic heterocycles. The fraction of sp³-hybridized carbons (Fsp3) is 0.143. The molecule has 0 unspecified atom stereocenters. The number of nitrogens with one attached hydrogen (secondary N) is 1. The molecule has 0 aliphatic rings. The zero-order chi connectivity index (χ0) is 20.6. The van der Waals surface area contributed by atoms with Crippen LogP contribution in [0.3, 0.4) is 0 Å². The number of nitrogens with zero attached hydrogens (tertiary/aromatic N) is 1. The van der Waals surface area contributed by atoms with E-state index in [9.17, 15) is 14.4 Å². The molecular formula is C21H18N2O5S. The average molecular weight is 410 g/mol. The molecule has 1 amide bonds. The van der Waals surface area contributed by atoms with Crippen LogP contribution in [0, 0.1) is 0 Å². The number of benzene rings is 2. The van der Waals surface area contributed by atoms with Crippen LogP contribution in [0.5, 0.6) is 0 Å².